The number of ether oxygens (including phenoxy) is 2. The van der Waals surface area contributed by atoms with Gasteiger partial charge in [0.05, 0.1) is 5.41 Å². The second-order valence-electron chi connectivity index (χ2n) is 5.61. The molecule has 1 aromatic rings. The van der Waals surface area contributed by atoms with Gasteiger partial charge in [-0.1, -0.05) is 0 Å². The molecule has 4 heteroatoms. The predicted molar refractivity (Wildman–Crippen MR) is 65.1 cm³/mol. The maximum absolute atomic E-state index is 11.4. The SMILES string of the molecule is Cc1cc2c(cc1C1(C(=O)O)CC1)OC(C)(C)O2. The van der Waals surface area contributed by atoms with Crippen molar-refractivity contribution in [2.24, 2.45) is 0 Å². The molecule has 0 atom stereocenters. The van der Waals surface area contributed by atoms with Crippen LogP contribution in [-0.4, -0.2) is 16.9 Å². The molecule has 2 aliphatic rings. The number of carbonyl (C=O) groups is 1. The average molecular weight is 248 g/mol. The Kier molecular flexibility index (Phi) is 2.02. The molecule has 96 valence electrons. The van der Waals surface area contributed by atoms with Gasteiger partial charge in [0, 0.05) is 13.8 Å². The Labute approximate surface area is 106 Å². The highest BCUT2D eigenvalue weighted by Crippen LogP contribution is 2.52. The summed E-state index contributed by atoms with van der Waals surface area (Å²) in [5.41, 5.74) is 1.11. The smallest absolute Gasteiger partial charge is 0.314 e. The third-order valence-electron chi connectivity index (χ3n) is 3.68. The predicted octanol–water partition coefficient (Wildman–Crippen LogP) is 2.62. The largest absolute Gasteiger partial charge is 0.481 e. The number of aliphatic carboxylic acids is 1. The molecule has 3 rings (SSSR count). The van der Waals surface area contributed by atoms with E-state index in [4.69, 9.17) is 9.47 Å². The summed E-state index contributed by atoms with van der Waals surface area (Å²) in [4.78, 5) is 11.4. The normalized spacial score (nSPS) is 21.7. The topological polar surface area (TPSA) is 55.8 Å². The Bertz CT molecular complexity index is 541. The molecule has 1 N–H and O–H groups in total. The molecule has 0 aromatic heterocycles. The van der Waals surface area contributed by atoms with Gasteiger partial charge in [-0.15, -0.1) is 0 Å². The van der Waals surface area contributed by atoms with Crippen LogP contribution >= 0.6 is 0 Å². The van der Waals surface area contributed by atoms with E-state index < -0.39 is 17.2 Å². The molecular formula is C14H16O4. The molecule has 18 heavy (non-hydrogen) atoms. The molecular weight excluding hydrogens is 232 g/mol. The zero-order valence-electron chi connectivity index (χ0n) is 10.7. The minimum Gasteiger partial charge on any atom is -0.481 e. The maximum Gasteiger partial charge on any atom is 0.314 e. The first-order valence-corrected chi connectivity index (χ1v) is 6.11. The summed E-state index contributed by atoms with van der Waals surface area (Å²) < 4.78 is 11.3. The van der Waals surface area contributed by atoms with Crippen molar-refractivity contribution in [1.82, 2.24) is 0 Å². The van der Waals surface area contributed by atoms with Crippen LogP contribution in [0.5, 0.6) is 11.5 Å². The van der Waals surface area contributed by atoms with Crippen LogP contribution in [0, 0.1) is 6.92 Å². The molecule has 0 amide bonds. The molecule has 0 saturated heterocycles. The Hall–Kier alpha value is -1.71. The van der Waals surface area contributed by atoms with Gasteiger partial charge in [0.15, 0.2) is 11.5 Å². The summed E-state index contributed by atoms with van der Waals surface area (Å²) in [6, 6.07) is 3.71. The Balaban J connectivity index is 2.08. The second-order valence-corrected chi connectivity index (χ2v) is 5.61. The zero-order chi connectivity index (χ0) is 13.1. The zero-order valence-corrected chi connectivity index (χ0v) is 10.7. The van der Waals surface area contributed by atoms with Crippen LogP contribution in [-0.2, 0) is 10.2 Å². The molecule has 1 fully saturated rings. The van der Waals surface area contributed by atoms with Gasteiger partial charge in [0.1, 0.15) is 0 Å². The lowest BCUT2D eigenvalue weighted by Gasteiger charge is -2.16. The maximum atomic E-state index is 11.4. The van der Waals surface area contributed by atoms with E-state index in [0.717, 1.165) is 11.1 Å². The van der Waals surface area contributed by atoms with Crippen molar-refractivity contribution in [3.05, 3.63) is 23.3 Å². The number of carboxylic acid groups (broad SMARTS) is 1. The highest BCUT2D eigenvalue weighted by atomic mass is 16.7. The van der Waals surface area contributed by atoms with Crippen molar-refractivity contribution in [3.8, 4) is 11.5 Å². The number of benzene rings is 1. The molecule has 0 unspecified atom stereocenters. The van der Waals surface area contributed by atoms with Gasteiger partial charge in [0.2, 0.25) is 5.79 Å². The van der Waals surface area contributed by atoms with Crippen LogP contribution in [0.25, 0.3) is 0 Å². The van der Waals surface area contributed by atoms with Crippen molar-refractivity contribution in [3.63, 3.8) is 0 Å². The molecule has 0 bridgehead atoms. The molecule has 1 aromatic carbocycles. The molecule has 1 saturated carbocycles. The van der Waals surface area contributed by atoms with Crippen LogP contribution in [0.1, 0.15) is 37.8 Å². The third kappa shape index (κ3) is 1.48. The standard InChI is InChI=1S/C14H16O4/c1-8-6-10-11(18-13(2,3)17-10)7-9(8)14(4-5-14)12(15)16/h6-7H,4-5H2,1-3H3,(H,15,16). The van der Waals surface area contributed by atoms with Gasteiger partial charge >= 0.3 is 5.97 Å². The monoisotopic (exact) mass is 248 g/mol. The van der Waals surface area contributed by atoms with E-state index in [1.807, 2.05) is 32.9 Å². The lowest BCUT2D eigenvalue weighted by Crippen LogP contribution is -2.29. The quantitative estimate of drug-likeness (QED) is 0.874. The number of hydrogen-bond acceptors (Lipinski definition) is 3. The Morgan fingerprint density at radius 1 is 1.22 bits per heavy atom. The van der Waals surface area contributed by atoms with Crippen molar-refractivity contribution in [2.45, 2.75) is 44.8 Å². The Morgan fingerprint density at radius 3 is 2.28 bits per heavy atom. The minimum absolute atomic E-state index is 0.646. The summed E-state index contributed by atoms with van der Waals surface area (Å²) in [6.07, 6.45) is 1.40. The fourth-order valence-corrected chi connectivity index (χ4v) is 2.61. The lowest BCUT2D eigenvalue weighted by atomic mass is 9.91. The number of carboxylic acids is 1. The molecule has 1 aliphatic heterocycles. The highest BCUT2D eigenvalue weighted by molar-refractivity contribution is 5.85. The first-order valence-electron chi connectivity index (χ1n) is 6.11. The lowest BCUT2D eigenvalue weighted by molar-refractivity contribution is -0.140. The van der Waals surface area contributed by atoms with E-state index in [9.17, 15) is 9.90 Å². The van der Waals surface area contributed by atoms with Crippen LogP contribution < -0.4 is 9.47 Å². The van der Waals surface area contributed by atoms with Crippen LogP contribution in [0.3, 0.4) is 0 Å². The fraction of sp³-hybridized carbons (Fsp3) is 0.500. The van der Waals surface area contributed by atoms with Gasteiger partial charge < -0.3 is 14.6 Å². The van der Waals surface area contributed by atoms with E-state index in [-0.39, 0.29) is 0 Å². The van der Waals surface area contributed by atoms with E-state index in [1.165, 1.54) is 0 Å². The van der Waals surface area contributed by atoms with Gasteiger partial charge in [0.25, 0.3) is 0 Å². The van der Waals surface area contributed by atoms with E-state index in [2.05, 4.69) is 0 Å². The summed E-state index contributed by atoms with van der Waals surface area (Å²) in [6.45, 7) is 5.60. The summed E-state index contributed by atoms with van der Waals surface area (Å²) in [7, 11) is 0. The van der Waals surface area contributed by atoms with Crippen LogP contribution in [0.2, 0.25) is 0 Å². The van der Waals surface area contributed by atoms with Gasteiger partial charge in [-0.05, 0) is 43.0 Å². The molecule has 0 spiro atoms. The summed E-state index contributed by atoms with van der Waals surface area (Å²) in [5.74, 6) is -0.0767. The van der Waals surface area contributed by atoms with E-state index in [0.29, 0.717) is 24.3 Å². The number of hydrogen-bond donors (Lipinski definition) is 1. The number of fused-ring (bicyclic) bond motifs is 1. The fourth-order valence-electron chi connectivity index (χ4n) is 2.61. The molecule has 0 radical (unpaired) electrons. The van der Waals surface area contributed by atoms with Gasteiger partial charge in [-0.25, -0.2) is 0 Å². The van der Waals surface area contributed by atoms with E-state index >= 15 is 0 Å². The molecule has 1 aliphatic carbocycles. The summed E-state index contributed by atoms with van der Waals surface area (Å²) in [5, 5.41) is 9.36. The van der Waals surface area contributed by atoms with Crippen molar-refractivity contribution >= 4 is 5.97 Å². The number of rotatable bonds is 2. The molecule has 1 heterocycles. The van der Waals surface area contributed by atoms with Crippen molar-refractivity contribution in [1.29, 1.82) is 0 Å². The van der Waals surface area contributed by atoms with Crippen LogP contribution in [0.15, 0.2) is 12.1 Å². The highest BCUT2D eigenvalue weighted by Gasteiger charge is 2.53. The average Bonchev–Trinajstić information content (AvgIpc) is 2.97. The second kappa shape index (κ2) is 3.19. The van der Waals surface area contributed by atoms with Crippen molar-refractivity contribution in [2.75, 3.05) is 0 Å². The van der Waals surface area contributed by atoms with Crippen molar-refractivity contribution < 1.29 is 19.4 Å². The molecule has 4 nitrogen and oxygen atoms in total. The summed E-state index contributed by atoms with van der Waals surface area (Å²) >= 11 is 0. The van der Waals surface area contributed by atoms with E-state index in [1.54, 1.807) is 0 Å². The first kappa shape index (κ1) is 11.4. The van der Waals surface area contributed by atoms with Gasteiger partial charge in [-0.2, -0.15) is 0 Å². The third-order valence-corrected chi connectivity index (χ3v) is 3.68. The Morgan fingerprint density at radius 2 is 1.78 bits per heavy atom. The van der Waals surface area contributed by atoms with Gasteiger partial charge in [-0.3, -0.25) is 4.79 Å². The first-order chi connectivity index (χ1) is 8.34. The minimum atomic E-state index is -0.747. The van der Waals surface area contributed by atoms with Crippen LogP contribution in [0.4, 0.5) is 0 Å². The number of aryl methyl sites for hydroxylation is 1.